The lowest BCUT2D eigenvalue weighted by atomic mass is 9.98. The first-order chi connectivity index (χ1) is 13.8. The second-order valence-electron chi connectivity index (χ2n) is 7.05. The summed E-state index contributed by atoms with van der Waals surface area (Å²) in [5, 5.41) is 12.3. The molecule has 27 heavy (non-hydrogen) atoms. The first kappa shape index (κ1) is 14.0. The predicted molar refractivity (Wildman–Crippen MR) is 97.2 cm³/mol. The molecule has 7 nitrogen and oxygen atoms in total. The zero-order chi connectivity index (χ0) is 20.4. The van der Waals surface area contributed by atoms with Gasteiger partial charge in [-0.15, -0.1) is 0 Å². The smallest absolute Gasteiger partial charge is 0.155 e. The van der Waals surface area contributed by atoms with Gasteiger partial charge >= 0.3 is 0 Å². The van der Waals surface area contributed by atoms with Crippen LogP contribution in [-0.4, -0.2) is 35.5 Å². The van der Waals surface area contributed by atoms with Crippen molar-refractivity contribution in [1.29, 1.82) is 0 Å². The second kappa shape index (κ2) is 5.68. The Kier molecular flexibility index (Phi) is 2.95. The minimum Gasteiger partial charge on any atom is -0.367 e. The van der Waals surface area contributed by atoms with E-state index in [2.05, 4.69) is 25.3 Å². The second-order valence-corrected chi connectivity index (χ2v) is 7.05. The zero-order valence-corrected chi connectivity index (χ0v) is 14.7. The molecule has 0 amide bonds. The Morgan fingerprint density at radius 2 is 2.15 bits per heavy atom. The van der Waals surface area contributed by atoms with Crippen LogP contribution in [0.4, 0.5) is 4.39 Å². The van der Waals surface area contributed by atoms with Gasteiger partial charge in [0.05, 0.1) is 45.2 Å². The van der Waals surface area contributed by atoms with Crippen molar-refractivity contribution >= 4 is 11.0 Å². The Morgan fingerprint density at radius 1 is 1.26 bits per heavy atom. The van der Waals surface area contributed by atoms with Crippen LogP contribution in [0, 0.1) is 5.82 Å². The van der Waals surface area contributed by atoms with Gasteiger partial charge in [0.25, 0.3) is 0 Å². The fraction of sp³-hybridized carbons (Fsp3) is 0.263. The summed E-state index contributed by atoms with van der Waals surface area (Å²) in [6.07, 6.45) is 4.37. The van der Waals surface area contributed by atoms with Gasteiger partial charge in [0.1, 0.15) is 11.5 Å². The maximum Gasteiger partial charge on any atom is 0.155 e. The van der Waals surface area contributed by atoms with E-state index in [9.17, 15) is 4.39 Å². The molecule has 5 heterocycles. The maximum absolute atomic E-state index is 13.5. The van der Waals surface area contributed by atoms with Crippen molar-refractivity contribution in [2.24, 2.45) is 0 Å². The number of aromatic amines is 1. The van der Waals surface area contributed by atoms with Crippen LogP contribution in [-0.2, 0) is 17.8 Å². The minimum atomic E-state index is -2.10. The van der Waals surface area contributed by atoms with Crippen molar-refractivity contribution in [3.05, 3.63) is 48.3 Å². The van der Waals surface area contributed by atoms with Crippen LogP contribution in [0.3, 0.4) is 0 Å². The van der Waals surface area contributed by atoms with E-state index in [1.165, 1.54) is 12.1 Å². The van der Waals surface area contributed by atoms with Gasteiger partial charge in [-0.05, 0) is 32.0 Å². The van der Waals surface area contributed by atoms with Crippen molar-refractivity contribution < 1.29 is 11.9 Å². The molecular formula is C19H17FN6O. The van der Waals surface area contributed by atoms with E-state index in [4.69, 9.17) is 7.48 Å². The molecule has 1 aliphatic rings. The van der Waals surface area contributed by atoms with Crippen molar-refractivity contribution in [3.63, 3.8) is 0 Å². The SMILES string of the molecule is [2H]C1([2H])OC(C)(C)Cn2nc(-c3ccc(F)cn3)c(-c3ccnc4[nH]ncc34)c21. The Bertz CT molecular complexity index is 1230. The van der Waals surface area contributed by atoms with E-state index < -0.39 is 18.0 Å². The number of aromatic nitrogens is 6. The summed E-state index contributed by atoms with van der Waals surface area (Å²) < 4.78 is 38.0. The average molecular weight is 366 g/mol. The van der Waals surface area contributed by atoms with Gasteiger partial charge in [0.15, 0.2) is 5.65 Å². The third-order valence-corrected chi connectivity index (χ3v) is 4.50. The highest BCUT2D eigenvalue weighted by atomic mass is 19.1. The lowest BCUT2D eigenvalue weighted by molar-refractivity contribution is -0.0657. The molecule has 0 atom stereocenters. The lowest BCUT2D eigenvalue weighted by Gasteiger charge is -2.31. The largest absolute Gasteiger partial charge is 0.367 e. The average Bonchev–Trinajstić information content (AvgIpc) is 3.25. The van der Waals surface area contributed by atoms with Gasteiger partial charge in [-0.2, -0.15) is 10.2 Å². The number of nitrogens with one attached hydrogen (secondary N) is 1. The summed E-state index contributed by atoms with van der Waals surface area (Å²) in [6, 6.07) is 4.61. The summed E-state index contributed by atoms with van der Waals surface area (Å²) in [5.74, 6) is -0.458. The Morgan fingerprint density at radius 3 is 2.96 bits per heavy atom. The van der Waals surface area contributed by atoms with E-state index >= 15 is 0 Å². The molecule has 0 saturated carbocycles. The highest BCUT2D eigenvalue weighted by molar-refractivity contribution is 5.97. The van der Waals surface area contributed by atoms with Crippen molar-refractivity contribution in [2.45, 2.75) is 32.6 Å². The van der Waals surface area contributed by atoms with Gasteiger partial charge in [-0.25, -0.2) is 9.37 Å². The maximum atomic E-state index is 13.5. The molecule has 0 aliphatic carbocycles. The molecule has 0 spiro atoms. The van der Waals surface area contributed by atoms with E-state index in [-0.39, 0.29) is 5.69 Å². The Balaban J connectivity index is 1.86. The highest BCUT2D eigenvalue weighted by Crippen LogP contribution is 2.39. The van der Waals surface area contributed by atoms with Crippen LogP contribution < -0.4 is 0 Å². The number of nitrogens with zero attached hydrogens (tertiary/aromatic N) is 5. The summed E-state index contributed by atoms with van der Waals surface area (Å²) in [6.45, 7) is 1.88. The quantitative estimate of drug-likeness (QED) is 0.588. The number of ether oxygens (including phenoxy) is 1. The Labute approximate surface area is 157 Å². The first-order valence-electron chi connectivity index (χ1n) is 9.47. The fourth-order valence-electron chi connectivity index (χ4n) is 3.28. The topological polar surface area (TPSA) is 81.5 Å². The standard InChI is InChI=1S/C19H17FN6O/c1-19(2)10-26-15(9-27-19)16(12-5-6-21-18-13(12)8-23-24-18)17(25-26)14-4-3-11(20)7-22-14/h3-8H,9-10H2,1-2H3,(H,21,23,24)/i9D2. The predicted octanol–water partition coefficient (Wildman–Crippen LogP) is 3.33. The molecular weight excluding hydrogens is 347 g/mol. The molecule has 1 N–H and O–H groups in total. The minimum absolute atomic E-state index is 0.284. The van der Waals surface area contributed by atoms with Crippen LogP contribution in [0.25, 0.3) is 33.5 Å². The van der Waals surface area contributed by atoms with Crippen LogP contribution in [0.5, 0.6) is 0 Å². The number of pyridine rings is 2. The van der Waals surface area contributed by atoms with Crippen LogP contribution >= 0.6 is 0 Å². The molecule has 8 heteroatoms. The molecule has 4 aromatic rings. The van der Waals surface area contributed by atoms with E-state index in [1.54, 1.807) is 23.1 Å². The van der Waals surface area contributed by atoms with Gasteiger partial charge in [-0.1, -0.05) is 0 Å². The summed E-state index contributed by atoms with van der Waals surface area (Å²) in [5.41, 5.74) is 2.20. The molecule has 136 valence electrons. The highest BCUT2D eigenvalue weighted by Gasteiger charge is 2.32. The molecule has 1 aliphatic heterocycles. The molecule has 0 fully saturated rings. The number of hydrogen-bond acceptors (Lipinski definition) is 5. The Hall–Kier alpha value is -3.13. The van der Waals surface area contributed by atoms with Crippen LogP contribution in [0.2, 0.25) is 0 Å². The van der Waals surface area contributed by atoms with E-state index in [0.717, 1.165) is 6.20 Å². The first-order valence-corrected chi connectivity index (χ1v) is 8.47. The van der Waals surface area contributed by atoms with Crippen LogP contribution in [0.15, 0.2) is 36.8 Å². The molecule has 0 unspecified atom stereocenters. The molecule has 0 bridgehead atoms. The molecule has 0 aromatic carbocycles. The van der Waals surface area contributed by atoms with Crippen molar-refractivity contribution in [1.82, 2.24) is 29.9 Å². The monoisotopic (exact) mass is 366 g/mol. The third kappa shape index (κ3) is 2.60. The van der Waals surface area contributed by atoms with E-state index in [0.29, 0.717) is 40.1 Å². The van der Waals surface area contributed by atoms with Crippen molar-refractivity contribution in [2.75, 3.05) is 0 Å². The lowest BCUT2D eigenvalue weighted by Crippen LogP contribution is -2.36. The van der Waals surface area contributed by atoms with Gasteiger partial charge in [-0.3, -0.25) is 14.8 Å². The summed E-state index contributed by atoms with van der Waals surface area (Å²) in [7, 11) is 0. The number of halogens is 1. The normalized spacial score (nSPS) is 18.8. The molecule has 0 saturated heterocycles. The van der Waals surface area contributed by atoms with E-state index in [1.807, 2.05) is 13.8 Å². The van der Waals surface area contributed by atoms with Gasteiger partial charge in [0, 0.05) is 22.7 Å². The number of H-pyrrole nitrogens is 1. The van der Waals surface area contributed by atoms with Gasteiger partial charge in [0.2, 0.25) is 0 Å². The van der Waals surface area contributed by atoms with Crippen LogP contribution in [0.1, 0.15) is 22.3 Å². The third-order valence-electron chi connectivity index (χ3n) is 4.50. The fourth-order valence-corrected chi connectivity index (χ4v) is 3.28. The number of fused-ring (bicyclic) bond motifs is 2. The molecule has 0 radical (unpaired) electrons. The summed E-state index contributed by atoms with van der Waals surface area (Å²) in [4.78, 5) is 8.44. The summed E-state index contributed by atoms with van der Waals surface area (Å²) >= 11 is 0. The molecule has 4 aromatic heterocycles. The number of hydrogen-bond donors (Lipinski definition) is 1. The van der Waals surface area contributed by atoms with Crippen molar-refractivity contribution in [3.8, 4) is 22.5 Å². The molecule has 5 rings (SSSR count). The van der Waals surface area contributed by atoms with Gasteiger partial charge < -0.3 is 4.74 Å². The zero-order valence-electron chi connectivity index (χ0n) is 16.7. The number of rotatable bonds is 2.